The maximum atomic E-state index is 14.6. The molecule has 6 rings (SSSR count). The molecule has 0 N–H and O–H groups in total. The molecule has 0 radical (unpaired) electrons. The van der Waals surface area contributed by atoms with Crippen molar-refractivity contribution in [3.8, 4) is 0 Å². The highest BCUT2D eigenvalue weighted by atomic mass is 16.2. The molecule has 36 heavy (non-hydrogen) atoms. The Balaban J connectivity index is 1.63. The van der Waals surface area contributed by atoms with E-state index in [1.165, 1.54) is 9.80 Å². The average molecular weight is 471 g/mol. The van der Waals surface area contributed by atoms with Gasteiger partial charge in [-0.05, 0) is 35.4 Å². The first-order valence-corrected chi connectivity index (χ1v) is 11.7. The van der Waals surface area contributed by atoms with Crippen LogP contribution >= 0.6 is 0 Å². The number of hydrogen-bond donors (Lipinski definition) is 0. The van der Waals surface area contributed by atoms with Gasteiger partial charge < -0.3 is 0 Å². The highest BCUT2D eigenvalue weighted by molar-refractivity contribution is 6.27. The summed E-state index contributed by atoms with van der Waals surface area (Å²) in [5.41, 5.74) is 2.30. The second-order valence-corrected chi connectivity index (χ2v) is 8.94. The number of amides is 3. The van der Waals surface area contributed by atoms with E-state index < -0.39 is 11.4 Å². The van der Waals surface area contributed by atoms with E-state index in [9.17, 15) is 14.4 Å². The van der Waals surface area contributed by atoms with Crippen molar-refractivity contribution in [3.05, 3.63) is 144 Å². The third-order valence-electron chi connectivity index (χ3n) is 7.00. The summed E-state index contributed by atoms with van der Waals surface area (Å²) >= 11 is 0. The first-order valence-electron chi connectivity index (χ1n) is 11.7. The second-order valence-electron chi connectivity index (χ2n) is 8.94. The summed E-state index contributed by atoms with van der Waals surface area (Å²) in [5.74, 6) is -1.21. The van der Waals surface area contributed by atoms with Crippen molar-refractivity contribution in [2.75, 3.05) is 4.90 Å². The molecule has 2 heterocycles. The van der Waals surface area contributed by atoms with Gasteiger partial charge in [0.25, 0.3) is 17.7 Å². The van der Waals surface area contributed by atoms with Gasteiger partial charge in [-0.25, -0.2) is 0 Å². The highest BCUT2D eigenvalue weighted by Crippen LogP contribution is 2.56. The van der Waals surface area contributed by atoms with Gasteiger partial charge in [0.1, 0.15) is 0 Å². The molecule has 4 aromatic rings. The third kappa shape index (κ3) is 2.93. The monoisotopic (exact) mass is 470 g/mol. The molecule has 5 heteroatoms. The van der Waals surface area contributed by atoms with Gasteiger partial charge in [0.05, 0.1) is 12.2 Å². The lowest BCUT2D eigenvalue weighted by atomic mass is 9.75. The standard InChI is InChI=1S/C31H22N2O3/c1-21-24-16-9-11-19-27(24)33(28(34)23-14-6-3-7-15-23)31(21)26-18-10-8-17-25(26)29(35)32(30(31)36)20-22-12-4-2-5-13-22/h2-19H,1,20H2. The minimum atomic E-state index is -1.59. The normalized spacial score (nSPS) is 18.4. The average Bonchev–Trinajstić information content (AvgIpc) is 3.20. The van der Waals surface area contributed by atoms with E-state index in [4.69, 9.17) is 0 Å². The molecule has 1 atom stereocenters. The predicted octanol–water partition coefficient (Wildman–Crippen LogP) is 5.44. The minimum Gasteiger partial charge on any atom is -0.284 e. The molecule has 2 aliphatic heterocycles. The zero-order chi connectivity index (χ0) is 24.9. The van der Waals surface area contributed by atoms with Gasteiger partial charge in [0.2, 0.25) is 0 Å². The molecule has 4 aromatic carbocycles. The van der Waals surface area contributed by atoms with Crippen molar-refractivity contribution in [1.29, 1.82) is 0 Å². The molecule has 0 saturated heterocycles. The van der Waals surface area contributed by atoms with Crippen molar-refractivity contribution in [3.63, 3.8) is 0 Å². The van der Waals surface area contributed by atoms with Crippen LogP contribution in [0.15, 0.2) is 116 Å². The first-order chi connectivity index (χ1) is 17.5. The molecular formula is C31H22N2O3. The van der Waals surface area contributed by atoms with Crippen molar-refractivity contribution in [1.82, 2.24) is 4.90 Å². The van der Waals surface area contributed by atoms with Gasteiger partial charge in [0, 0.05) is 22.3 Å². The SMILES string of the molecule is C=C1c2ccccc2N(C(=O)c2ccccc2)C12C(=O)N(Cc1ccccc1)C(=O)c1ccccc12. The molecular weight excluding hydrogens is 448 g/mol. The van der Waals surface area contributed by atoms with E-state index in [-0.39, 0.29) is 18.4 Å². The van der Waals surface area contributed by atoms with Crippen molar-refractivity contribution >= 4 is 29.0 Å². The Labute approximate surface area is 208 Å². The molecule has 0 aliphatic carbocycles. The van der Waals surface area contributed by atoms with E-state index in [1.807, 2.05) is 60.7 Å². The zero-order valence-corrected chi connectivity index (χ0v) is 19.4. The van der Waals surface area contributed by atoms with Gasteiger partial charge in [-0.1, -0.05) is 91.5 Å². The summed E-state index contributed by atoms with van der Waals surface area (Å²) in [5, 5.41) is 0. The third-order valence-corrected chi connectivity index (χ3v) is 7.00. The number of rotatable bonds is 3. The molecule has 2 aliphatic rings. The molecule has 0 fully saturated rings. The number of hydrogen-bond acceptors (Lipinski definition) is 3. The van der Waals surface area contributed by atoms with Crippen molar-refractivity contribution in [2.24, 2.45) is 0 Å². The molecule has 1 spiro atoms. The fourth-order valence-corrected chi connectivity index (χ4v) is 5.36. The number of benzene rings is 4. The van der Waals surface area contributed by atoms with Gasteiger partial charge in [-0.15, -0.1) is 0 Å². The zero-order valence-electron chi connectivity index (χ0n) is 19.4. The van der Waals surface area contributed by atoms with Crippen molar-refractivity contribution < 1.29 is 14.4 Å². The van der Waals surface area contributed by atoms with Crippen LogP contribution in [-0.2, 0) is 16.9 Å². The predicted molar refractivity (Wildman–Crippen MR) is 138 cm³/mol. The summed E-state index contributed by atoms with van der Waals surface area (Å²) in [6.45, 7) is 4.45. The molecule has 0 bridgehead atoms. The molecule has 5 nitrogen and oxygen atoms in total. The summed E-state index contributed by atoms with van der Waals surface area (Å²) < 4.78 is 0. The summed E-state index contributed by atoms with van der Waals surface area (Å²) in [4.78, 5) is 45.2. The number of nitrogens with zero attached hydrogens (tertiary/aromatic N) is 2. The smallest absolute Gasteiger partial charge is 0.265 e. The number of fused-ring (bicyclic) bond motifs is 3. The number of imide groups is 1. The van der Waals surface area contributed by atoms with Gasteiger partial charge in [-0.2, -0.15) is 0 Å². The summed E-state index contributed by atoms with van der Waals surface area (Å²) in [6, 6.07) is 32.7. The van der Waals surface area contributed by atoms with Crippen LogP contribution in [0.25, 0.3) is 5.57 Å². The van der Waals surface area contributed by atoms with Crippen LogP contribution < -0.4 is 4.90 Å². The summed E-state index contributed by atoms with van der Waals surface area (Å²) in [7, 11) is 0. The fraction of sp³-hybridized carbons (Fsp3) is 0.0645. The van der Waals surface area contributed by atoms with E-state index in [1.54, 1.807) is 48.5 Å². The lowest BCUT2D eigenvalue weighted by Crippen LogP contribution is -2.62. The minimum absolute atomic E-state index is 0.0889. The Morgan fingerprint density at radius 3 is 2.03 bits per heavy atom. The Hall–Kier alpha value is -4.77. The van der Waals surface area contributed by atoms with E-state index in [0.29, 0.717) is 33.5 Å². The molecule has 1 unspecified atom stereocenters. The first kappa shape index (κ1) is 21.7. The Morgan fingerprint density at radius 1 is 0.722 bits per heavy atom. The topological polar surface area (TPSA) is 57.7 Å². The van der Waals surface area contributed by atoms with Crippen molar-refractivity contribution in [2.45, 2.75) is 12.1 Å². The quantitative estimate of drug-likeness (QED) is 0.375. The highest BCUT2D eigenvalue weighted by Gasteiger charge is 2.62. The maximum Gasteiger partial charge on any atom is 0.265 e. The Kier molecular flexibility index (Phi) is 4.93. The second kappa shape index (κ2) is 8.17. The van der Waals surface area contributed by atoms with Crippen LogP contribution in [0, 0.1) is 0 Å². The van der Waals surface area contributed by atoms with Gasteiger partial charge in [0.15, 0.2) is 5.54 Å². The number of carbonyl (C=O) groups is 3. The Morgan fingerprint density at radius 2 is 1.31 bits per heavy atom. The van der Waals surface area contributed by atoms with E-state index >= 15 is 0 Å². The van der Waals surface area contributed by atoms with Crippen LogP contribution in [0.4, 0.5) is 5.69 Å². The van der Waals surface area contributed by atoms with E-state index in [2.05, 4.69) is 6.58 Å². The van der Waals surface area contributed by atoms with E-state index in [0.717, 1.165) is 5.56 Å². The molecule has 3 amide bonds. The largest absolute Gasteiger partial charge is 0.284 e. The molecule has 0 aromatic heterocycles. The number of para-hydroxylation sites is 1. The van der Waals surface area contributed by atoms with Gasteiger partial charge >= 0.3 is 0 Å². The number of anilines is 1. The summed E-state index contributed by atoms with van der Waals surface area (Å²) in [6.07, 6.45) is 0. The fourth-order valence-electron chi connectivity index (χ4n) is 5.36. The molecule has 174 valence electrons. The molecule has 0 saturated carbocycles. The lowest BCUT2D eigenvalue weighted by molar-refractivity contribution is -0.133. The number of carbonyl (C=O) groups excluding carboxylic acids is 3. The lowest BCUT2D eigenvalue weighted by Gasteiger charge is -2.45. The Bertz CT molecular complexity index is 1540. The van der Waals surface area contributed by atoms with Crippen LogP contribution in [-0.4, -0.2) is 22.6 Å². The maximum absolute atomic E-state index is 14.6. The van der Waals surface area contributed by atoms with Crippen LogP contribution in [0.1, 0.15) is 37.4 Å². The van der Waals surface area contributed by atoms with Crippen LogP contribution in [0.2, 0.25) is 0 Å². The van der Waals surface area contributed by atoms with Gasteiger partial charge in [-0.3, -0.25) is 24.2 Å². The van der Waals surface area contributed by atoms with Crippen LogP contribution in [0.3, 0.4) is 0 Å². The van der Waals surface area contributed by atoms with Crippen LogP contribution in [0.5, 0.6) is 0 Å².